The molecule has 0 aliphatic carbocycles. The van der Waals surface area contributed by atoms with Crippen LogP contribution < -0.4 is 11.1 Å². The molecule has 0 aromatic carbocycles. The zero-order valence-electron chi connectivity index (χ0n) is 10.0. The van der Waals surface area contributed by atoms with Crippen LogP contribution in [0.15, 0.2) is 5.11 Å². The Hall–Kier alpha value is -1.31. The van der Waals surface area contributed by atoms with E-state index in [1.54, 1.807) is 0 Å². The summed E-state index contributed by atoms with van der Waals surface area (Å²) in [5.41, 5.74) is 12.2. The molecule has 0 saturated carbocycles. The third kappa shape index (κ3) is 3.86. The van der Waals surface area contributed by atoms with Crippen molar-refractivity contribution in [3.05, 3.63) is 10.4 Å². The quantitative estimate of drug-likeness (QED) is 0.297. The number of nitrogens with zero attached hydrogens (tertiary/aromatic N) is 3. The molecular formula is C9H17N5O3S. The molecule has 102 valence electrons. The molecule has 1 heterocycles. The fourth-order valence-electron chi connectivity index (χ4n) is 2.06. The number of hydrogen-bond donors (Lipinski definition) is 2. The van der Waals surface area contributed by atoms with Crippen molar-refractivity contribution in [3.63, 3.8) is 0 Å². The van der Waals surface area contributed by atoms with Crippen molar-refractivity contribution in [1.29, 1.82) is 0 Å². The number of carbonyl (C=O) groups excluding carboxylic acids is 1. The Morgan fingerprint density at radius 1 is 1.56 bits per heavy atom. The Morgan fingerprint density at radius 2 is 2.28 bits per heavy atom. The number of rotatable bonds is 6. The van der Waals surface area contributed by atoms with Gasteiger partial charge in [-0.1, -0.05) is 5.11 Å². The van der Waals surface area contributed by atoms with Crippen LogP contribution in [-0.4, -0.2) is 44.5 Å². The van der Waals surface area contributed by atoms with Crippen molar-refractivity contribution in [2.45, 2.75) is 24.8 Å². The van der Waals surface area contributed by atoms with Gasteiger partial charge in [-0.2, -0.15) is 0 Å². The Kier molecular flexibility index (Phi) is 4.94. The highest BCUT2D eigenvalue weighted by Crippen LogP contribution is 2.22. The van der Waals surface area contributed by atoms with E-state index in [4.69, 9.17) is 11.3 Å². The van der Waals surface area contributed by atoms with Crippen molar-refractivity contribution in [2.75, 3.05) is 24.6 Å². The maximum absolute atomic E-state index is 11.6. The summed E-state index contributed by atoms with van der Waals surface area (Å²) >= 11 is 0. The van der Waals surface area contributed by atoms with Crippen LogP contribution >= 0.6 is 0 Å². The lowest BCUT2D eigenvalue weighted by Crippen LogP contribution is -2.61. The third-order valence-electron chi connectivity index (χ3n) is 2.96. The predicted octanol–water partition coefficient (Wildman–Crippen LogP) is -0.291. The zero-order valence-corrected chi connectivity index (χ0v) is 10.8. The maximum Gasteiger partial charge on any atom is 0.238 e. The summed E-state index contributed by atoms with van der Waals surface area (Å²) in [6.07, 6.45) is 1.37. The minimum Gasteiger partial charge on any atom is -0.368 e. The van der Waals surface area contributed by atoms with Crippen LogP contribution in [0, 0.1) is 0 Å². The second-order valence-electron chi connectivity index (χ2n) is 4.38. The van der Waals surface area contributed by atoms with Crippen LogP contribution in [0.2, 0.25) is 0 Å². The highest BCUT2D eigenvalue weighted by molar-refractivity contribution is 7.91. The maximum atomic E-state index is 11.6. The van der Waals surface area contributed by atoms with E-state index in [0.717, 1.165) is 0 Å². The van der Waals surface area contributed by atoms with E-state index in [-0.39, 0.29) is 11.5 Å². The van der Waals surface area contributed by atoms with Gasteiger partial charge in [0, 0.05) is 11.5 Å². The fourth-order valence-corrected chi connectivity index (χ4v) is 3.92. The number of primary amides is 1. The number of azide groups is 1. The van der Waals surface area contributed by atoms with E-state index in [2.05, 4.69) is 15.3 Å². The van der Waals surface area contributed by atoms with Crippen molar-refractivity contribution in [1.82, 2.24) is 5.32 Å². The zero-order chi connectivity index (χ0) is 13.6. The van der Waals surface area contributed by atoms with E-state index in [1.807, 2.05) is 0 Å². The number of sulfone groups is 1. The molecule has 0 aromatic heterocycles. The van der Waals surface area contributed by atoms with Crippen molar-refractivity contribution in [2.24, 2.45) is 10.8 Å². The lowest BCUT2D eigenvalue weighted by molar-refractivity contribution is -0.124. The van der Waals surface area contributed by atoms with Gasteiger partial charge in [0.15, 0.2) is 9.84 Å². The number of nitrogens with one attached hydrogen (secondary N) is 1. The van der Waals surface area contributed by atoms with Gasteiger partial charge >= 0.3 is 0 Å². The Bertz CT molecular complexity index is 457. The first-order chi connectivity index (χ1) is 8.42. The molecular weight excluding hydrogens is 258 g/mol. The van der Waals surface area contributed by atoms with Gasteiger partial charge in [-0.3, -0.25) is 4.79 Å². The van der Waals surface area contributed by atoms with Gasteiger partial charge in [0.05, 0.1) is 11.5 Å². The number of hydrogen-bond acceptors (Lipinski definition) is 5. The Morgan fingerprint density at radius 3 is 2.83 bits per heavy atom. The van der Waals surface area contributed by atoms with E-state index in [0.29, 0.717) is 32.4 Å². The van der Waals surface area contributed by atoms with E-state index in [9.17, 15) is 13.2 Å². The molecule has 1 unspecified atom stereocenters. The predicted molar refractivity (Wildman–Crippen MR) is 66.4 cm³/mol. The van der Waals surface area contributed by atoms with Gasteiger partial charge in [-0.15, -0.1) is 0 Å². The number of amides is 1. The summed E-state index contributed by atoms with van der Waals surface area (Å²) in [5.74, 6) is -0.797. The van der Waals surface area contributed by atoms with Gasteiger partial charge in [0.1, 0.15) is 5.54 Å². The molecule has 1 atom stereocenters. The molecule has 1 aliphatic heterocycles. The Balaban J connectivity index is 2.64. The van der Waals surface area contributed by atoms with Crippen LogP contribution in [-0.2, 0) is 14.6 Å². The molecule has 0 aromatic rings. The normalized spacial score (nSPS) is 26.2. The Labute approximate surface area is 105 Å². The van der Waals surface area contributed by atoms with E-state index in [1.165, 1.54) is 0 Å². The van der Waals surface area contributed by atoms with E-state index >= 15 is 0 Å². The second-order valence-corrected chi connectivity index (χ2v) is 6.56. The molecule has 0 spiro atoms. The van der Waals surface area contributed by atoms with Gasteiger partial charge in [0.25, 0.3) is 0 Å². The topological polar surface area (TPSA) is 138 Å². The lowest BCUT2D eigenvalue weighted by Gasteiger charge is -2.34. The molecule has 0 bridgehead atoms. The summed E-state index contributed by atoms with van der Waals surface area (Å²) in [5, 5.41) is 6.27. The molecule has 1 rings (SSSR count). The first-order valence-corrected chi connectivity index (χ1v) is 7.50. The lowest BCUT2D eigenvalue weighted by atomic mass is 9.94. The standard InChI is InChI=1S/C9H17N5O3S/c10-8(15)9(12-4-2-5-13-14-11)3-1-6-18(16,17)7-9/h12H,1-7H2,(H2,10,15). The molecule has 9 heteroatoms. The average Bonchev–Trinajstić information content (AvgIpc) is 2.27. The average molecular weight is 275 g/mol. The first-order valence-electron chi connectivity index (χ1n) is 5.68. The number of nitrogens with two attached hydrogens (primary N) is 1. The SMILES string of the molecule is [N-]=[N+]=NCCCNC1(C(N)=O)CCCS(=O)(=O)C1. The summed E-state index contributed by atoms with van der Waals surface area (Å²) < 4.78 is 23.2. The molecule has 1 fully saturated rings. The first kappa shape index (κ1) is 14.7. The fraction of sp³-hybridized carbons (Fsp3) is 0.889. The molecule has 18 heavy (non-hydrogen) atoms. The minimum atomic E-state index is -3.23. The van der Waals surface area contributed by atoms with Crippen molar-refractivity contribution < 1.29 is 13.2 Å². The molecule has 1 amide bonds. The summed E-state index contributed by atoms with van der Waals surface area (Å²) in [6, 6.07) is 0. The largest absolute Gasteiger partial charge is 0.368 e. The van der Waals surface area contributed by atoms with Crippen LogP contribution in [0.25, 0.3) is 10.4 Å². The highest BCUT2D eigenvalue weighted by Gasteiger charge is 2.43. The molecule has 1 aliphatic rings. The summed E-state index contributed by atoms with van der Waals surface area (Å²) in [4.78, 5) is 14.1. The van der Waals surface area contributed by atoms with Crippen LogP contribution in [0.5, 0.6) is 0 Å². The monoisotopic (exact) mass is 275 g/mol. The van der Waals surface area contributed by atoms with Crippen molar-refractivity contribution in [3.8, 4) is 0 Å². The van der Waals surface area contributed by atoms with Gasteiger partial charge in [0.2, 0.25) is 5.91 Å². The minimum absolute atomic E-state index is 0.0996. The van der Waals surface area contributed by atoms with Crippen LogP contribution in [0.3, 0.4) is 0 Å². The summed E-state index contributed by atoms with van der Waals surface area (Å²) in [7, 11) is -3.23. The molecule has 0 radical (unpaired) electrons. The molecule has 3 N–H and O–H groups in total. The molecule has 8 nitrogen and oxygen atoms in total. The summed E-state index contributed by atoms with van der Waals surface area (Å²) in [6.45, 7) is 0.683. The van der Waals surface area contributed by atoms with Gasteiger partial charge in [-0.05, 0) is 31.3 Å². The van der Waals surface area contributed by atoms with Gasteiger partial charge in [-0.25, -0.2) is 8.42 Å². The highest BCUT2D eigenvalue weighted by atomic mass is 32.2. The number of carbonyl (C=O) groups is 1. The van der Waals surface area contributed by atoms with Crippen LogP contribution in [0.4, 0.5) is 0 Å². The van der Waals surface area contributed by atoms with Crippen LogP contribution in [0.1, 0.15) is 19.3 Å². The van der Waals surface area contributed by atoms with Crippen molar-refractivity contribution >= 4 is 15.7 Å². The van der Waals surface area contributed by atoms with E-state index < -0.39 is 21.3 Å². The third-order valence-corrected chi connectivity index (χ3v) is 4.80. The molecule has 1 saturated heterocycles. The second kappa shape index (κ2) is 6.03. The smallest absolute Gasteiger partial charge is 0.238 e. The van der Waals surface area contributed by atoms with Gasteiger partial charge < -0.3 is 11.1 Å².